The fourth-order valence-electron chi connectivity index (χ4n) is 8.27. The maximum absolute atomic E-state index is 11.4. The first-order valence-electron chi connectivity index (χ1n) is 21.5. The van der Waals surface area contributed by atoms with E-state index in [9.17, 15) is 102 Å². The van der Waals surface area contributed by atoms with E-state index in [2.05, 4.69) is 0 Å². The fourth-order valence-corrected chi connectivity index (χ4v) is 8.27. The molecule has 6 rings (SSSR count). The van der Waals surface area contributed by atoms with Gasteiger partial charge >= 0.3 is 0 Å². The zero-order valence-electron chi connectivity index (χ0n) is 35.8. The van der Waals surface area contributed by atoms with E-state index in [0.717, 1.165) is 0 Å². The monoisotopic (exact) mass is 1020 g/mol. The molecule has 30 atom stereocenters. The molecule has 0 aromatic carbocycles. The van der Waals surface area contributed by atoms with E-state index in [-0.39, 0.29) is 0 Å². The molecule has 69 heavy (non-hydrogen) atoms. The van der Waals surface area contributed by atoms with E-state index in [4.69, 9.17) is 62.2 Å². The Hall–Kier alpha value is -1.32. The van der Waals surface area contributed by atoms with Crippen LogP contribution in [0.4, 0.5) is 0 Å². The van der Waals surface area contributed by atoms with Crippen LogP contribution in [0, 0.1) is 0 Å². The molecular weight excluding hydrogens is 960 g/mol. The van der Waals surface area contributed by atoms with Gasteiger partial charge in [-0.25, -0.2) is 19.6 Å². The standard InChI is InChI=1S/C36H62O33/c37-1-7-13(43)16(46)22(52)35(59-7)68-67-30-17(47)14(44)8(2-38)60-36(30)69-66-29-15(45)9(3-39)58-34(25(29)55)65-28-12(6-42)62-33(24(54)20(28)50)64-27-11(5-41)61-32(23(53)19(27)49)63-26-10(4-40)57-31(56)21(51)18(26)48/h7-56H,1-6H2. The molecule has 6 aliphatic heterocycles. The van der Waals surface area contributed by atoms with Crippen molar-refractivity contribution >= 4 is 0 Å². The molecule has 0 aromatic rings. The van der Waals surface area contributed by atoms with Crippen LogP contribution in [0.3, 0.4) is 0 Å². The van der Waals surface area contributed by atoms with E-state index >= 15 is 0 Å². The van der Waals surface area contributed by atoms with Crippen molar-refractivity contribution in [3.63, 3.8) is 0 Å². The summed E-state index contributed by atoms with van der Waals surface area (Å²) < 4.78 is 49.0. The Labute approximate surface area is 388 Å². The molecule has 20 N–H and O–H groups in total. The van der Waals surface area contributed by atoms with Gasteiger partial charge in [0, 0.05) is 0 Å². The summed E-state index contributed by atoms with van der Waals surface area (Å²) in [7, 11) is 0. The third kappa shape index (κ3) is 12.0. The highest BCUT2D eigenvalue weighted by Gasteiger charge is 2.57. The molecule has 0 saturated carbocycles. The molecule has 404 valence electrons. The Bertz CT molecular complexity index is 1540. The smallest absolute Gasteiger partial charge is 0.224 e. The van der Waals surface area contributed by atoms with Crippen LogP contribution in [-0.4, -0.2) is 326 Å². The fraction of sp³-hybridized carbons (Fsp3) is 1.00. The van der Waals surface area contributed by atoms with Crippen molar-refractivity contribution in [3.8, 4) is 0 Å². The SMILES string of the molecule is OCC1OC(OOC2C(OOC3C(O)C(CO)OC(OC4C(CO)OC(OC5C(CO)OC(OC6C(CO)OC(O)C(O)C6O)C(O)C5O)C(O)C4O)C3O)OC(CO)C(O)C2O)C(O)C(O)C1O. The average molecular weight is 1020 g/mol. The largest absolute Gasteiger partial charge is 0.394 e. The average Bonchev–Trinajstić information content (AvgIpc) is 3.34. The maximum atomic E-state index is 11.4. The first kappa shape index (κ1) is 57.0. The Morgan fingerprint density at radius 3 is 1.03 bits per heavy atom. The van der Waals surface area contributed by atoms with E-state index in [1.807, 2.05) is 0 Å². The van der Waals surface area contributed by atoms with Crippen molar-refractivity contribution in [1.29, 1.82) is 0 Å². The third-order valence-electron chi connectivity index (χ3n) is 12.4. The molecule has 0 aliphatic carbocycles. The summed E-state index contributed by atoms with van der Waals surface area (Å²) in [5.74, 6) is 0. The topological polar surface area (TPSA) is 525 Å². The first-order chi connectivity index (χ1) is 32.8. The van der Waals surface area contributed by atoms with Gasteiger partial charge in [0.1, 0.15) is 134 Å². The van der Waals surface area contributed by atoms with E-state index < -0.39 is 224 Å². The minimum atomic E-state index is -2.23. The molecule has 6 heterocycles. The molecule has 0 aromatic heterocycles. The quantitative estimate of drug-likeness (QED) is 0.0448. The lowest BCUT2D eigenvalue weighted by Crippen LogP contribution is -2.67. The van der Waals surface area contributed by atoms with Crippen molar-refractivity contribution in [2.75, 3.05) is 39.6 Å². The van der Waals surface area contributed by atoms with Gasteiger partial charge in [-0.05, 0) is 0 Å². The highest BCUT2D eigenvalue weighted by molar-refractivity contribution is 4.98. The van der Waals surface area contributed by atoms with Crippen LogP contribution in [0.25, 0.3) is 0 Å². The minimum absolute atomic E-state index is 0.866. The van der Waals surface area contributed by atoms with Gasteiger partial charge in [-0.1, -0.05) is 0 Å². The van der Waals surface area contributed by atoms with Crippen molar-refractivity contribution in [2.24, 2.45) is 0 Å². The van der Waals surface area contributed by atoms with Gasteiger partial charge in [0.25, 0.3) is 0 Å². The number of aliphatic hydroxyl groups excluding tert-OH is 20. The lowest BCUT2D eigenvalue weighted by Gasteiger charge is -2.49. The summed E-state index contributed by atoms with van der Waals surface area (Å²) in [6.45, 7) is -5.76. The van der Waals surface area contributed by atoms with Crippen LogP contribution in [-0.2, 0) is 62.2 Å². The number of hydrogen-bond acceptors (Lipinski definition) is 33. The molecule has 6 aliphatic rings. The second kappa shape index (κ2) is 24.8. The molecule has 0 radical (unpaired) electrons. The number of ether oxygens (including phenoxy) is 9. The Morgan fingerprint density at radius 1 is 0.232 bits per heavy atom. The van der Waals surface area contributed by atoms with Crippen molar-refractivity contribution in [3.05, 3.63) is 0 Å². The normalized spacial score (nSPS) is 52.2. The van der Waals surface area contributed by atoms with Crippen LogP contribution in [0.15, 0.2) is 0 Å². The third-order valence-corrected chi connectivity index (χ3v) is 12.4. The van der Waals surface area contributed by atoms with Crippen LogP contribution in [0.2, 0.25) is 0 Å². The summed E-state index contributed by atoms with van der Waals surface area (Å²) in [6, 6.07) is 0. The lowest BCUT2D eigenvalue weighted by molar-refractivity contribution is -0.510. The van der Waals surface area contributed by atoms with Gasteiger partial charge < -0.3 is 145 Å². The highest BCUT2D eigenvalue weighted by Crippen LogP contribution is 2.36. The van der Waals surface area contributed by atoms with Gasteiger partial charge in [-0.3, -0.25) is 0 Å². The Balaban J connectivity index is 1.10. The van der Waals surface area contributed by atoms with Gasteiger partial charge in [0.2, 0.25) is 12.6 Å². The summed E-state index contributed by atoms with van der Waals surface area (Å²) in [4.78, 5) is 20.6. The van der Waals surface area contributed by atoms with Crippen LogP contribution in [0.5, 0.6) is 0 Å². The molecule has 0 spiro atoms. The molecule has 30 unspecified atom stereocenters. The molecule has 0 bridgehead atoms. The number of hydrogen-bond donors (Lipinski definition) is 20. The number of rotatable bonds is 18. The van der Waals surface area contributed by atoms with Gasteiger partial charge in [-0.15, -0.1) is 0 Å². The molecule has 6 saturated heterocycles. The lowest BCUT2D eigenvalue weighted by atomic mass is 9.95. The number of aliphatic hydroxyl groups is 20. The second-order valence-corrected chi connectivity index (χ2v) is 16.9. The molecular formula is C36H62O33. The molecule has 0 amide bonds. The van der Waals surface area contributed by atoms with Crippen LogP contribution < -0.4 is 0 Å². The van der Waals surface area contributed by atoms with Gasteiger partial charge in [-0.2, -0.15) is 0 Å². The van der Waals surface area contributed by atoms with Gasteiger partial charge in [0.05, 0.1) is 39.6 Å². The van der Waals surface area contributed by atoms with Crippen molar-refractivity contribution in [1.82, 2.24) is 0 Å². The van der Waals surface area contributed by atoms with E-state index in [1.54, 1.807) is 0 Å². The predicted molar refractivity (Wildman–Crippen MR) is 201 cm³/mol. The summed E-state index contributed by atoms with van der Waals surface area (Å²) >= 11 is 0. The highest BCUT2D eigenvalue weighted by atomic mass is 17.3. The molecule has 33 nitrogen and oxygen atoms in total. The Morgan fingerprint density at radius 2 is 0.551 bits per heavy atom. The van der Waals surface area contributed by atoms with Crippen molar-refractivity contribution in [2.45, 2.75) is 184 Å². The van der Waals surface area contributed by atoms with Crippen LogP contribution in [0.1, 0.15) is 0 Å². The molecule has 33 heteroatoms. The summed E-state index contributed by atoms with van der Waals surface area (Å²) in [6.07, 6.45) is -57.7. The zero-order chi connectivity index (χ0) is 50.8. The van der Waals surface area contributed by atoms with Gasteiger partial charge in [0.15, 0.2) is 37.4 Å². The van der Waals surface area contributed by atoms with Crippen molar-refractivity contribution < 1.29 is 164 Å². The first-order valence-corrected chi connectivity index (χ1v) is 21.5. The second-order valence-electron chi connectivity index (χ2n) is 16.9. The predicted octanol–water partition coefficient (Wildman–Crippen LogP) is -14.2. The van der Waals surface area contributed by atoms with E-state index in [0.29, 0.717) is 0 Å². The zero-order valence-corrected chi connectivity index (χ0v) is 35.8. The maximum Gasteiger partial charge on any atom is 0.224 e. The summed E-state index contributed by atoms with van der Waals surface area (Å²) in [5.41, 5.74) is 0. The van der Waals surface area contributed by atoms with Crippen LogP contribution >= 0.6 is 0 Å². The molecule has 6 fully saturated rings. The van der Waals surface area contributed by atoms with E-state index in [1.165, 1.54) is 0 Å². The summed E-state index contributed by atoms with van der Waals surface area (Å²) in [5, 5.41) is 208. The Kier molecular flexibility index (Phi) is 20.5. The minimum Gasteiger partial charge on any atom is -0.394 e.